The van der Waals surface area contributed by atoms with Crippen LogP contribution in [0.4, 0.5) is 4.79 Å². The zero-order chi connectivity index (χ0) is 11.2. The second-order valence-electron chi connectivity index (χ2n) is 4.21. The second-order valence-corrected chi connectivity index (χ2v) is 5.53. The minimum absolute atomic E-state index is 0.162. The molecule has 14 heavy (non-hydrogen) atoms. The summed E-state index contributed by atoms with van der Waals surface area (Å²) >= 11 is 1.81. The number of hydrogen-bond donors (Lipinski definition) is 1. The van der Waals surface area contributed by atoms with E-state index in [9.17, 15) is 4.79 Å². The summed E-state index contributed by atoms with van der Waals surface area (Å²) in [6.07, 6.45) is -0.332. The van der Waals surface area contributed by atoms with Crippen LogP contribution >= 0.6 is 11.8 Å². The van der Waals surface area contributed by atoms with Crippen LogP contribution < -0.4 is 5.32 Å². The number of alkyl carbamates (subject to hydrolysis) is 1. The maximum atomic E-state index is 11.3. The van der Waals surface area contributed by atoms with Gasteiger partial charge in [0.2, 0.25) is 0 Å². The normalized spacial score (nSPS) is 13.5. The predicted octanol–water partition coefficient (Wildman–Crippen LogP) is 2.65. The molecule has 0 saturated carbocycles. The quantitative estimate of drug-likeness (QED) is 0.790. The molecule has 1 atom stereocenters. The Morgan fingerprint density at radius 1 is 1.50 bits per heavy atom. The molecule has 0 aliphatic carbocycles. The van der Waals surface area contributed by atoms with Gasteiger partial charge in [0, 0.05) is 11.8 Å². The zero-order valence-electron chi connectivity index (χ0n) is 9.72. The molecule has 1 amide bonds. The topological polar surface area (TPSA) is 38.3 Å². The van der Waals surface area contributed by atoms with Crippen molar-refractivity contribution in [1.82, 2.24) is 5.32 Å². The average Bonchev–Trinajstić information content (AvgIpc) is 1.96. The standard InChI is InChI=1S/C10H21NO2S/c1-6-14-7-8(2)11-9(12)13-10(3,4)5/h8H,6-7H2,1-5H3,(H,11,12)/t8-/m1/s1. The first-order valence-corrected chi connectivity index (χ1v) is 6.08. The second kappa shape index (κ2) is 6.17. The lowest BCUT2D eigenvalue weighted by atomic mass is 10.2. The smallest absolute Gasteiger partial charge is 0.407 e. The first-order chi connectivity index (χ1) is 6.35. The number of carbonyl (C=O) groups is 1. The van der Waals surface area contributed by atoms with Crippen LogP contribution in [-0.4, -0.2) is 29.2 Å². The molecular weight excluding hydrogens is 198 g/mol. The van der Waals surface area contributed by atoms with Crippen LogP contribution in [0.2, 0.25) is 0 Å². The molecular formula is C10H21NO2S. The Bertz CT molecular complexity index is 177. The van der Waals surface area contributed by atoms with Crippen LogP contribution in [0.3, 0.4) is 0 Å². The van der Waals surface area contributed by atoms with E-state index in [1.54, 1.807) is 11.8 Å². The number of thioether (sulfide) groups is 1. The van der Waals surface area contributed by atoms with Crippen molar-refractivity contribution in [3.05, 3.63) is 0 Å². The van der Waals surface area contributed by atoms with E-state index in [0.29, 0.717) is 0 Å². The molecule has 0 bridgehead atoms. The van der Waals surface area contributed by atoms with Gasteiger partial charge in [0.25, 0.3) is 0 Å². The van der Waals surface area contributed by atoms with Gasteiger partial charge in [-0.25, -0.2) is 4.79 Å². The van der Waals surface area contributed by atoms with E-state index in [4.69, 9.17) is 4.74 Å². The molecule has 0 aliphatic rings. The third-order valence-electron chi connectivity index (χ3n) is 1.34. The summed E-state index contributed by atoms with van der Waals surface area (Å²) in [6, 6.07) is 0.162. The monoisotopic (exact) mass is 219 g/mol. The van der Waals surface area contributed by atoms with Gasteiger partial charge >= 0.3 is 6.09 Å². The van der Waals surface area contributed by atoms with Crippen molar-refractivity contribution in [3.63, 3.8) is 0 Å². The fourth-order valence-corrected chi connectivity index (χ4v) is 1.52. The molecule has 0 aromatic rings. The van der Waals surface area contributed by atoms with Gasteiger partial charge in [0.15, 0.2) is 0 Å². The van der Waals surface area contributed by atoms with Gasteiger partial charge < -0.3 is 10.1 Å². The fraction of sp³-hybridized carbons (Fsp3) is 0.900. The maximum Gasteiger partial charge on any atom is 0.407 e. The Hall–Kier alpha value is -0.380. The predicted molar refractivity (Wildman–Crippen MR) is 61.8 cm³/mol. The van der Waals surface area contributed by atoms with Gasteiger partial charge in [0.05, 0.1) is 0 Å². The Balaban J connectivity index is 3.71. The van der Waals surface area contributed by atoms with Crippen LogP contribution in [0.1, 0.15) is 34.6 Å². The van der Waals surface area contributed by atoms with Gasteiger partial charge in [-0.15, -0.1) is 0 Å². The summed E-state index contributed by atoms with van der Waals surface area (Å²) in [5, 5.41) is 2.79. The third-order valence-corrected chi connectivity index (χ3v) is 2.48. The highest BCUT2D eigenvalue weighted by atomic mass is 32.2. The molecule has 0 aliphatic heterocycles. The summed E-state index contributed by atoms with van der Waals surface area (Å²) < 4.78 is 5.13. The van der Waals surface area contributed by atoms with E-state index < -0.39 is 5.60 Å². The van der Waals surface area contributed by atoms with Crippen LogP contribution in [0.15, 0.2) is 0 Å². The summed E-state index contributed by atoms with van der Waals surface area (Å²) in [7, 11) is 0. The molecule has 0 fully saturated rings. The number of carbonyl (C=O) groups excluding carboxylic acids is 1. The van der Waals surface area contributed by atoms with Gasteiger partial charge in [-0.05, 0) is 33.4 Å². The van der Waals surface area contributed by atoms with E-state index in [0.717, 1.165) is 11.5 Å². The number of ether oxygens (including phenoxy) is 1. The van der Waals surface area contributed by atoms with E-state index in [1.165, 1.54) is 0 Å². The van der Waals surface area contributed by atoms with Gasteiger partial charge in [-0.1, -0.05) is 6.92 Å². The van der Waals surface area contributed by atoms with Crippen LogP contribution in [0, 0.1) is 0 Å². The first-order valence-electron chi connectivity index (χ1n) is 4.92. The van der Waals surface area contributed by atoms with Crippen molar-refractivity contribution in [2.24, 2.45) is 0 Å². The molecule has 1 N–H and O–H groups in total. The lowest BCUT2D eigenvalue weighted by Crippen LogP contribution is -2.38. The lowest BCUT2D eigenvalue weighted by Gasteiger charge is -2.21. The molecule has 0 aromatic carbocycles. The Morgan fingerprint density at radius 3 is 2.50 bits per heavy atom. The Labute approximate surface area is 91.0 Å². The summed E-state index contributed by atoms with van der Waals surface area (Å²) in [6.45, 7) is 9.66. The molecule has 3 nitrogen and oxygen atoms in total. The number of rotatable bonds is 4. The van der Waals surface area contributed by atoms with Crippen molar-refractivity contribution in [3.8, 4) is 0 Å². The van der Waals surface area contributed by atoms with Gasteiger partial charge in [0.1, 0.15) is 5.60 Å². The van der Waals surface area contributed by atoms with Crippen molar-refractivity contribution >= 4 is 17.9 Å². The highest BCUT2D eigenvalue weighted by molar-refractivity contribution is 7.99. The molecule has 0 spiro atoms. The maximum absolute atomic E-state index is 11.3. The third kappa shape index (κ3) is 8.23. The minimum atomic E-state index is -0.415. The van der Waals surface area contributed by atoms with E-state index in [1.807, 2.05) is 27.7 Å². The van der Waals surface area contributed by atoms with Crippen molar-refractivity contribution in [1.29, 1.82) is 0 Å². The number of nitrogens with one attached hydrogen (secondary N) is 1. The van der Waals surface area contributed by atoms with E-state index >= 15 is 0 Å². The molecule has 84 valence electrons. The molecule has 4 heteroatoms. The number of amides is 1. The van der Waals surface area contributed by atoms with Gasteiger partial charge in [-0.3, -0.25) is 0 Å². The van der Waals surface area contributed by atoms with Crippen LogP contribution in [0.25, 0.3) is 0 Å². The Kier molecular flexibility index (Phi) is 6.00. The van der Waals surface area contributed by atoms with Crippen LogP contribution in [0.5, 0.6) is 0 Å². The summed E-state index contributed by atoms with van der Waals surface area (Å²) in [4.78, 5) is 11.3. The van der Waals surface area contributed by atoms with Gasteiger partial charge in [-0.2, -0.15) is 11.8 Å². The molecule has 0 saturated heterocycles. The number of hydrogen-bond acceptors (Lipinski definition) is 3. The average molecular weight is 219 g/mol. The fourth-order valence-electron chi connectivity index (χ4n) is 0.845. The zero-order valence-corrected chi connectivity index (χ0v) is 10.5. The highest BCUT2D eigenvalue weighted by Gasteiger charge is 2.17. The summed E-state index contributed by atoms with van der Waals surface area (Å²) in [5.41, 5.74) is -0.415. The van der Waals surface area contributed by atoms with E-state index in [2.05, 4.69) is 12.2 Å². The molecule has 0 unspecified atom stereocenters. The van der Waals surface area contributed by atoms with Crippen molar-refractivity contribution in [2.75, 3.05) is 11.5 Å². The first kappa shape index (κ1) is 13.6. The summed E-state index contributed by atoms with van der Waals surface area (Å²) in [5.74, 6) is 2.00. The minimum Gasteiger partial charge on any atom is -0.444 e. The molecule has 0 rings (SSSR count). The largest absolute Gasteiger partial charge is 0.444 e. The lowest BCUT2D eigenvalue weighted by molar-refractivity contribution is 0.0513. The Morgan fingerprint density at radius 2 is 2.07 bits per heavy atom. The van der Waals surface area contributed by atoms with Crippen molar-refractivity contribution < 1.29 is 9.53 Å². The van der Waals surface area contributed by atoms with E-state index in [-0.39, 0.29) is 12.1 Å². The molecule has 0 aromatic heterocycles. The van der Waals surface area contributed by atoms with Crippen LogP contribution in [-0.2, 0) is 4.74 Å². The van der Waals surface area contributed by atoms with Crippen molar-refractivity contribution in [2.45, 2.75) is 46.3 Å². The molecule has 0 heterocycles. The molecule has 0 radical (unpaired) electrons. The highest BCUT2D eigenvalue weighted by Crippen LogP contribution is 2.07. The SMILES string of the molecule is CCSC[C@@H](C)NC(=O)OC(C)(C)C.